The number of H-pyrrole nitrogens is 1. The summed E-state index contributed by atoms with van der Waals surface area (Å²) >= 11 is 1.50. The molecule has 168 valence electrons. The summed E-state index contributed by atoms with van der Waals surface area (Å²) < 4.78 is 0. The molecular weight excluding hydrogens is 430 g/mol. The molecule has 1 atom stereocenters. The van der Waals surface area contributed by atoms with Gasteiger partial charge in [-0.15, -0.1) is 0 Å². The lowest BCUT2D eigenvalue weighted by Crippen LogP contribution is -2.37. The number of ketones is 1. The Bertz CT molecular complexity index is 1310. The van der Waals surface area contributed by atoms with Crippen LogP contribution in [0.15, 0.2) is 75.8 Å². The Morgan fingerprint density at radius 3 is 2.48 bits per heavy atom. The zero-order valence-electron chi connectivity index (χ0n) is 19.1. The van der Waals surface area contributed by atoms with E-state index >= 15 is 0 Å². The van der Waals surface area contributed by atoms with Gasteiger partial charge in [-0.05, 0) is 29.9 Å². The molecule has 0 amide bonds. The van der Waals surface area contributed by atoms with Crippen molar-refractivity contribution in [3.8, 4) is 0 Å². The fraction of sp³-hybridized carbons (Fsp3) is 0.296. The number of anilines is 1. The van der Waals surface area contributed by atoms with Crippen LogP contribution in [0, 0.1) is 12.3 Å². The molecule has 0 radical (unpaired) electrons. The monoisotopic (exact) mass is 457 g/mol. The summed E-state index contributed by atoms with van der Waals surface area (Å²) in [6.45, 7) is 6.28. The number of carbonyl (C=O) groups is 1. The van der Waals surface area contributed by atoms with Gasteiger partial charge in [0, 0.05) is 29.4 Å². The fourth-order valence-electron chi connectivity index (χ4n) is 4.78. The van der Waals surface area contributed by atoms with Crippen molar-refractivity contribution in [2.75, 3.05) is 5.32 Å². The molecule has 0 spiro atoms. The topological polar surface area (TPSA) is 74.8 Å². The highest BCUT2D eigenvalue weighted by atomic mass is 32.2. The number of rotatable bonds is 4. The van der Waals surface area contributed by atoms with E-state index in [-0.39, 0.29) is 16.8 Å². The predicted molar refractivity (Wildman–Crippen MR) is 133 cm³/mol. The zero-order chi connectivity index (χ0) is 23.2. The molecule has 1 aromatic heterocycles. The maximum absolute atomic E-state index is 13.4. The number of hydrogen-bond donors (Lipinski definition) is 2. The van der Waals surface area contributed by atoms with E-state index in [9.17, 15) is 9.59 Å². The number of thioether (sulfide) groups is 1. The van der Waals surface area contributed by atoms with Crippen molar-refractivity contribution in [2.45, 2.75) is 50.4 Å². The number of nitrogens with zero attached hydrogens (tertiary/aromatic N) is 1. The molecule has 5 nitrogen and oxygen atoms in total. The van der Waals surface area contributed by atoms with Gasteiger partial charge in [0.05, 0.1) is 5.56 Å². The van der Waals surface area contributed by atoms with Crippen LogP contribution in [0.4, 0.5) is 5.82 Å². The second-order valence-corrected chi connectivity index (χ2v) is 10.7. The van der Waals surface area contributed by atoms with Gasteiger partial charge in [0.25, 0.3) is 5.56 Å². The third-order valence-corrected chi connectivity index (χ3v) is 7.27. The van der Waals surface area contributed by atoms with Crippen LogP contribution in [0.1, 0.15) is 54.9 Å². The molecule has 2 aromatic carbocycles. The number of carbonyl (C=O) groups excluding carboxylic acids is 1. The number of aryl methyl sites for hydroxylation is 1. The normalized spacial score (nSPS) is 19.0. The van der Waals surface area contributed by atoms with E-state index in [0.717, 1.165) is 17.7 Å². The lowest BCUT2D eigenvalue weighted by Gasteiger charge is -2.38. The Balaban J connectivity index is 1.56. The average molecular weight is 458 g/mol. The predicted octanol–water partition coefficient (Wildman–Crippen LogP) is 5.57. The molecule has 5 rings (SSSR count). The number of Topliss-reactive ketones (excluding diaryl/α,β-unsaturated/α-hetero) is 1. The van der Waals surface area contributed by atoms with Gasteiger partial charge < -0.3 is 10.3 Å². The molecule has 0 saturated heterocycles. The number of aromatic amines is 1. The van der Waals surface area contributed by atoms with Gasteiger partial charge >= 0.3 is 0 Å². The highest BCUT2D eigenvalue weighted by Crippen LogP contribution is 2.47. The van der Waals surface area contributed by atoms with Crippen molar-refractivity contribution in [3.05, 3.63) is 98.5 Å². The van der Waals surface area contributed by atoms with Crippen molar-refractivity contribution in [1.29, 1.82) is 0 Å². The van der Waals surface area contributed by atoms with Crippen LogP contribution in [-0.4, -0.2) is 15.8 Å². The van der Waals surface area contributed by atoms with Gasteiger partial charge in [-0.25, -0.2) is 4.98 Å². The standard InChI is InChI=1S/C27H27N3O2S/c1-16-9-11-17(12-10-16)15-33-26-29-24-23(25(32)30-26)21(18-7-5-4-6-8-18)22-19(28-24)13-27(2,3)14-20(22)31/h4-12,21H,13-15H2,1-3H3,(H2,28,29,30,32). The van der Waals surface area contributed by atoms with Crippen LogP contribution in [0.2, 0.25) is 0 Å². The van der Waals surface area contributed by atoms with Gasteiger partial charge in [0.1, 0.15) is 5.82 Å². The Morgan fingerprint density at radius 2 is 1.76 bits per heavy atom. The maximum Gasteiger partial charge on any atom is 0.257 e. The average Bonchev–Trinajstić information content (AvgIpc) is 2.77. The van der Waals surface area contributed by atoms with Crippen LogP contribution in [0.25, 0.3) is 0 Å². The van der Waals surface area contributed by atoms with E-state index in [0.29, 0.717) is 34.3 Å². The van der Waals surface area contributed by atoms with Gasteiger partial charge in [0.2, 0.25) is 0 Å². The van der Waals surface area contributed by atoms with E-state index < -0.39 is 5.92 Å². The van der Waals surface area contributed by atoms with Gasteiger partial charge in [-0.2, -0.15) is 0 Å². The second-order valence-electron chi connectivity index (χ2n) is 9.71. The van der Waals surface area contributed by atoms with Gasteiger partial charge in [-0.1, -0.05) is 85.8 Å². The van der Waals surface area contributed by atoms with Crippen molar-refractivity contribution in [2.24, 2.45) is 5.41 Å². The van der Waals surface area contributed by atoms with Gasteiger partial charge in [0.15, 0.2) is 10.9 Å². The number of fused-ring (bicyclic) bond motifs is 1. The summed E-state index contributed by atoms with van der Waals surface area (Å²) in [7, 11) is 0. The minimum atomic E-state index is -0.409. The molecule has 2 N–H and O–H groups in total. The lowest BCUT2D eigenvalue weighted by atomic mass is 9.69. The van der Waals surface area contributed by atoms with Crippen LogP contribution >= 0.6 is 11.8 Å². The van der Waals surface area contributed by atoms with Crippen LogP contribution in [0.5, 0.6) is 0 Å². The fourth-order valence-corrected chi connectivity index (χ4v) is 5.59. The molecule has 3 aromatic rings. The molecule has 6 heteroatoms. The third-order valence-electron chi connectivity index (χ3n) is 6.33. The number of aromatic nitrogens is 2. The summed E-state index contributed by atoms with van der Waals surface area (Å²) in [4.78, 5) is 34.4. The molecule has 0 saturated carbocycles. The Hall–Kier alpha value is -3.12. The number of nitrogens with one attached hydrogen (secondary N) is 2. The first-order valence-electron chi connectivity index (χ1n) is 11.2. The molecule has 1 aliphatic heterocycles. The van der Waals surface area contributed by atoms with E-state index in [2.05, 4.69) is 55.3 Å². The summed E-state index contributed by atoms with van der Waals surface area (Å²) in [5.74, 6) is 0.964. The van der Waals surface area contributed by atoms with Crippen LogP contribution in [0.3, 0.4) is 0 Å². The molecule has 1 unspecified atom stereocenters. The van der Waals surface area contributed by atoms with Crippen molar-refractivity contribution in [3.63, 3.8) is 0 Å². The SMILES string of the molecule is Cc1ccc(CSc2nc3c(c(=O)[nH]2)C(c2ccccc2)C2=C(CC(C)(C)CC2=O)N3)cc1. The van der Waals surface area contributed by atoms with E-state index in [1.165, 1.54) is 22.9 Å². The summed E-state index contributed by atoms with van der Waals surface area (Å²) in [5, 5.41) is 3.96. The number of benzene rings is 2. The van der Waals surface area contributed by atoms with Crippen LogP contribution in [-0.2, 0) is 10.5 Å². The summed E-state index contributed by atoms with van der Waals surface area (Å²) in [6.07, 6.45) is 1.22. The van der Waals surface area contributed by atoms with E-state index in [1.807, 2.05) is 30.3 Å². The third kappa shape index (κ3) is 4.27. The van der Waals surface area contributed by atoms with Crippen molar-refractivity contribution < 1.29 is 4.79 Å². The quantitative estimate of drug-likeness (QED) is 0.396. The molecule has 0 bridgehead atoms. The largest absolute Gasteiger partial charge is 0.343 e. The van der Waals surface area contributed by atoms with E-state index in [1.54, 1.807) is 0 Å². The molecule has 33 heavy (non-hydrogen) atoms. The molecule has 2 aliphatic rings. The Labute approximate surface area is 197 Å². The first-order valence-corrected chi connectivity index (χ1v) is 12.2. The molecule has 1 aliphatic carbocycles. The Morgan fingerprint density at radius 1 is 1.03 bits per heavy atom. The zero-order valence-corrected chi connectivity index (χ0v) is 19.9. The lowest BCUT2D eigenvalue weighted by molar-refractivity contribution is -0.118. The minimum Gasteiger partial charge on any atom is -0.343 e. The van der Waals surface area contributed by atoms with E-state index in [4.69, 9.17) is 4.98 Å². The number of allylic oxidation sites excluding steroid dienone is 2. The highest BCUT2D eigenvalue weighted by molar-refractivity contribution is 7.98. The second kappa shape index (κ2) is 8.34. The first-order chi connectivity index (χ1) is 15.8. The number of hydrogen-bond acceptors (Lipinski definition) is 5. The van der Waals surface area contributed by atoms with Crippen molar-refractivity contribution >= 4 is 23.4 Å². The summed E-state index contributed by atoms with van der Waals surface area (Å²) in [6, 6.07) is 18.2. The smallest absolute Gasteiger partial charge is 0.257 e. The first kappa shape index (κ1) is 21.7. The molecule has 2 heterocycles. The molecule has 0 fully saturated rings. The van der Waals surface area contributed by atoms with Crippen molar-refractivity contribution in [1.82, 2.24) is 9.97 Å². The maximum atomic E-state index is 13.4. The molecular formula is C27H27N3O2S. The summed E-state index contributed by atoms with van der Waals surface area (Å²) in [5.41, 5.74) is 5.12. The van der Waals surface area contributed by atoms with Crippen LogP contribution < -0.4 is 10.9 Å². The Kier molecular flexibility index (Phi) is 5.49. The highest BCUT2D eigenvalue weighted by Gasteiger charge is 2.42. The van der Waals surface area contributed by atoms with Gasteiger partial charge in [-0.3, -0.25) is 9.59 Å². The minimum absolute atomic E-state index is 0.102.